The first kappa shape index (κ1) is 24.0. The van der Waals surface area contributed by atoms with Gasteiger partial charge in [-0.15, -0.1) is 0 Å². The highest BCUT2D eigenvalue weighted by atomic mass is 35.5. The third-order valence-electron chi connectivity index (χ3n) is 6.60. The van der Waals surface area contributed by atoms with Crippen molar-refractivity contribution in [3.05, 3.63) is 65.2 Å². The number of amides is 1. The molecule has 0 saturated carbocycles. The lowest BCUT2D eigenvalue weighted by molar-refractivity contribution is -0.137. The Bertz CT molecular complexity index is 1040. The maximum atomic E-state index is 13.2. The quantitative estimate of drug-likeness (QED) is 0.595. The third kappa shape index (κ3) is 6.28. The summed E-state index contributed by atoms with van der Waals surface area (Å²) >= 11 is 6.11. The van der Waals surface area contributed by atoms with Gasteiger partial charge in [-0.2, -0.15) is 0 Å². The Balaban J connectivity index is 1.28. The number of halogens is 1. The first-order valence-electron chi connectivity index (χ1n) is 11.7. The Morgan fingerprint density at radius 3 is 2.45 bits per heavy atom. The van der Waals surface area contributed by atoms with Crippen LogP contribution in [0.4, 0.5) is 5.69 Å². The molecule has 0 aromatic heterocycles. The lowest BCUT2D eigenvalue weighted by atomic mass is 9.97. The predicted octanol–water partition coefficient (Wildman–Crippen LogP) is 3.66. The molecule has 33 heavy (non-hydrogen) atoms. The molecular formula is C25H32ClN3O3S. The van der Waals surface area contributed by atoms with Crippen molar-refractivity contribution in [2.24, 2.45) is 5.92 Å². The number of rotatable bonds is 7. The fourth-order valence-electron chi connectivity index (χ4n) is 4.75. The highest BCUT2D eigenvalue weighted by molar-refractivity contribution is 7.89. The molecule has 0 spiro atoms. The van der Waals surface area contributed by atoms with E-state index in [9.17, 15) is 13.2 Å². The maximum Gasteiger partial charge on any atom is 0.227 e. The Labute approximate surface area is 202 Å². The number of benzene rings is 2. The van der Waals surface area contributed by atoms with E-state index in [-0.39, 0.29) is 17.6 Å². The van der Waals surface area contributed by atoms with Gasteiger partial charge in [0.05, 0.1) is 11.7 Å². The van der Waals surface area contributed by atoms with Gasteiger partial charge in [0, 0.05) is 50.0 Å². The minimum atomic E-state index is -3.36. The van der Waals surface area contributed by atoms with E-state index in [0.717, 1.165) is 43.6 Å². The lowest BCUT2D eigenvalue weighted by Gasteiger charge is -2.39. The van der Waals surface area contributed by atoms with Crippen LogP contribution in [0.5, 0.6) is 0 Å². The third-order valence-corrected chi connectivity index (χ3v) is 8.76. The Kier molecular flexibility index (Phi) is 7.94. The van der Waals surface area contributed by atoms with Gasteiger partial charge in [-0.25, -0.2) is 12.7 Å². The molecule has 0 bridgehead atoms. The standard InChI is InChI=1S/C25H32ClN3O3S/c26-23-11-4-12-24(19-23)27-14-16-28(17-15-27)25(30)22-10-5-13-29(20-22)33(31,32)18-6-9-21-7-2-1-3-8-21/h1-4,7-8,11-12,19,22H,5-6,9-10,13-18,20H2/t22-/m0/s1. The second kappa shape index (κ2) is 10.9. The van der Waals surface area contributed by atoms with Crippen molar-refractivity contribution in [1.29, 1.82) is 0 Å². The second-order valence-corrected chi connectivity index (χ2v) is 11.4. The van der Waals surface area contributed by atoms with Gasteiger partial charge in [-0.3, -0.25) is 4.79 Å². The average molecular weight is 490 g/mol. The largest absolute Gasteiger partial charge is 0.368 e. The molecule has 8 heteroatoms. The molecule has 2 aromatic carbocycles. The summed E-state index contributed by atoms with van der Waals surface area (Å²) in [7, 11) is -3.36. The van der Waals surface area contributed by atoms with E-state index >= 15 is 0 Å². The second-order valence-electron chi connectivity index (χ2n) is 8.89. The summed E-state index contributed by atoms with van der Waals surface area (Å²) in [4.78, 5) is 17.3. The molecule has 0 N–H and O–H groups in total. The molecular weight excluding hydrogens is 458 g/mol. The van der Waals surface area contributed by atoms with E-state index < -0.39 is 10.0 Å². The smallest absolute Gasteiger partial charge is 0.227 e. The fraction of sp³-hybridized carbons (Fsp3) is 0.480. The van der Waals surface area contributed by atoms with Crippen molar-refractivity contribution in [3.8, 4) is 0 Å². The van der Waals surface area contributed by atoms with Crippen LogP contribution >= 0.6 is 11.6 Å². The van der Waals surface area contributed by atoms with Gasteiger partial charge in [0.1, 0.15) is 0 Å². The number of piperazine rings is 1. The zero-order valence-corrected chi connectivity index (χ0v) is 20.5. The number of sulfonamides is 1. The summed E-state index contributed by atoms with van der Waals surface area (Å²) < 4.78 is 27.4. The van der Waals surface area contributed by atoms with Gasteiger partial charge in [-0.1, -0.05) is 48.0 Å². The molecule has 4 rings (SSSR count). The average Bonchev–Trinajstić information content (AvgIpc) is 2.84. The van der Waals surface area contributed by atoms with Crippen molar-refractivity contribution >= 4 is 33.2 Å². The van der Waals surface area contributed by atoms with E-state index in [4.69, 9.17) is 11.6 Å². The molecule has 1 amide bonds. The molecule has 2 fully saturated rings. The van der Waals surface area contributed by atoms with Crippen LogP contribution in [0.2, 0.25) is 5.02 Å². The van der Waals surface area contributed by atoms with Crippen LogP contribution in [-0.2, 0) is 21.2 Å². The van der Waals surface area contributed by atoms with Gasteiger partial charge in [-0.05, 0) is 49.4 Å². The van der Waals surface area contributed by atoms with Crippen LogP contribution in [0.15, 0.2) is 54.6 Å². The minimum absolute atomic E-state index is 0.0879. The van der Waals surface area contributed by atoms with Gasteiger partial charge in [0.2, 0.25) is 15.9 Å². The first-order valence-corrected chi connectivity index (χ1v) is 13.7. The zero-order chi connectivity index (χ0) is 23.3. The molecule has 2 aliphatic heterocycles. The van der Waals surface area contributed by atoms with Crippen molar-refractivity contribution in [2.45, 2.75) is 25.7 Å². The number of anilines is 1. The van der Waals surface area contributed by atoms with Crippen molar-refractivity contribution in [1.82, 2.24) is 9.21 Å². The summed E-state index contributed by atoms with van der Waals surface area (Å²) in [6, 6.07) is 17.7. The molecule has 1 atom stereocenters. The van der Waals surface area contributed by atoms with E-state index in [0.29, 0.717) is 37.6 Å². The number of aryl methyl sites for hydroxylation is 1. The molecule has 178 valence electrons. The summed E-state index contributed by atoms with van der Waals surface area (Å²) in [5, 5.41) is 0.707. The predicted molar refractivity (Wildman–Crippen MR) is 133 cm³/mol. The van der Waals surface area contributed by atoms with Crippen LogP contribution in [0.1, 0.15) is 24.8 Å². The Hall–Kier alpha value is -2.09. The number of nitrogens with zero attached hydrogens (tertiary/aromatic N) is 3. The van der Waals surface area contributed by atoms with Gasteiger partial charge >= 0.3 is 0 Å². The zero-order valence-electron chi connectivity index (χ0n) is 18.9. The fourth-order valence-corrected chi connectivity index (χ4v) is 6.51. The number of hydrogen-bond acceptors (Lipinski definition) is 4. The lowest BCUT2D eigenvalue weighted by Crippen LogP contribution is -2.53. The number of carbonyl (C=O) groups is 1. The first-order chi connectivity index (χ1) is 15.9. The summed E-state index contributed by atoms with van der Waals surface area (Å²) in [5.41, 5.74) is 2.22. The molecule has 2 aliphatic rings. The Morgan fingerprint density at radius 1 is 0.970 bits per heavy atom. The molecule has 0 aliphatic carbocycles. The number of piperidine rings is 1. The van der Waals surface area contributed by atoms with Crippen LogP contribution in [0.25, 0.3) is 0 Å². The van der Waals surface area contributed by atoms with Gasteiger partial charge < -0.3 is 9.80 Å². The normalized spacial score (nSPS) is 20.1. The molecule has 0 unspecified atom stereocenters. The number of carbonyl (C=O) groups excluding carboxylic acids is 1. The van der Waals surface area contributed by atoms with Gasteiger partial charge in [0.15, 0.2) is 0 Å². The van der Waals surface area contributed by atoms with Crippen molar-refractivity contribution in [3.63, 3.8) is 0 Å². The van der Waals surface area contributed by atoms with Crippen molar-refractivity contribution in [2.75, 3.05) is 49.9 Å². The molecule has 2 heterocycles. The van der Waals surface area contributed by atoms with E-state index in [1.54, 1.807) is 4.31 Å². The van der Waals surface area contributed by atoms with Crippen LogP contribution in [0.3, 0.4) is 0 Å². The maximum absolute atomic E-state index is 13.2. The SMILES string of the molecule is O=C([C@H]1CCCN(S(=O)(=O)CCCc2ccccc2)C1)N1CCN(c2cccc(Cl)c2)CC1. The van der Waals surface area contributed by atoms with Gasteiger partial charge in [0.25, 0.3) is 0 Å². The summed E-state index contributed by atoms with van der Waals surface area (Å²) in [6.45, 7) is 3.61. The monoisotopic (exact) mass is 489 g/mol. The Morgan fingerprint density at radius 2 is 1.73 bits per heavy atom. The molecule has 2 aromatic rings. The topological polar surface area (TPSA) is 60.9 Å². The van der Waals surface area contributed by atoms with E-state index in [1.165, 1.54) is 0 Å². The van der Waals surface area contributed by atoms with E-state index in [2.05, 4.69) is 4.90 Å². The highest BCUT2D eigenvalue weighted by Gasteiger charge is 2.35. The molecule has 6 nitrogen and oxygen atoms in total. The molecule has 2 saturated heterocycles. The molecule has 0 radical (unpaired) electrons. The number of hydrogen-bond donors (Lipinski definition) is 0. The summed E-state index contributed by atoms with van der Waals surface area (Å²) in [6.07, 6.45) is 2.82. The van der Waals surface area contributed by atoms with Crippen LogP contribution in [0, 0.1) is 5.92 Å². The highest BCUT2D eigenvalue weighted by Crippen LogP contribution is 2.25. The summed E-state index contributed by atoms with van der Waals surface area (Å²) in [5.74, 6) is -0.0357. The minimum Gasteiger partial charge on any atom is -0.368 e. The van der Waals surface area contributed by atoms with Crippen molar-refractivity contribution < 1.29 is 13.2 Å². The van der Waals surface area contributed by atoms with Crippen LogP contribution < -0.4 is 4.90 Å². The van der Waals surface area contributed by atoms with E-state index in [1.807, 2.05) is 59.5 Å². The van der Waals surface area contributed by atoms with Crippen LogP contribution in [-0.4, -0.2) is 68.6 Å².